The molecule has 2 unspecified atom stereocenters. The standard InChI is InChI=1S/C22H31N4O5P.C13H16N2O3S.C13H15NO2S.C13H15NO.C13H12O4.C7H6N2O4.C7H7NO2/c1-26(2)21-14-12-20(13-15-21)25-24-19-10-8-18(9-11-19)22(27)23-16-6-4-5-7-17-31-32(28,29)30-3;1-14-8-9-15-12-6-2-5-11-10(12)4-3-7-13(11)19(16,17)18;1-14(2)12-8-4-7-11-10(12)6-5-9-13(11)17(3,15)16;1-9(15)13(14-2)12-8-7-10-5-3-4-6-11(10)12;1-8(14)5-9-6-13(15)17-12-7-10(16-2)3-4-11(9)12;1-5-2-3-6(8(10)11)4-7(5)9(12)13;8-6-4-2-1-3-5(6)7(9)10/h8-15H,4-7,16-17H2,1-3H3,(H,23,27)(H,28,29);2-7,14-15H,8-9H2,1H3,(H,16,17,18);4-9H,1-3H3;3-6,8,13-14H,7H2,1-2H3;3-4,6-7H,5H2,1-2H3;2-4H,1H3;1-4H,8H2,(H,9,10). The Morgan fingerprint density at radius 2 is 1.27 bits per heavy atom. The van der Waals surface area contributed by atoms with Crippen LogP contribution in [0, 0.1) is 27.2 Å². The van der Waals surface area contributed by atoms with E-state index in [2.05, 4.69) is 54.2 Å². The number of rotatable bonds is 29. The van der Waals surface area contributed by atoms with Crippen LogP contribution in [-0.2, 0) is 56.0 Å². The number of para-hydroxylation sites is 1. The van der Waals surface area contributed by atoms with E-state index >= 15 is 0 Å². The number of aryl methyl sites for hydroxylation is 1. The van der Waals surface area contributed by atoms with Crippen LogP contribution >= 0.6 is 7.82 Å². The van der Waals surface area contributed by atoms with Crippen molar-refractivity contribution in [3.05, 3.63) is 282 Å². The number of unbranched alkanes of at least 4 members (excludes halogenated alkanes) is 3. The predicted octanol–water partition coefficient (Wildman–Crippen LogP) is 15.8. The molecule has 32 nitrogen and oxygen atoms in total. The molecule has 123 heavy (non-hydrogen) atoms. The number of ketones is 2. The van der Waals surface area contributed by atoms with E-state index in [1.165, 1.54) is 61.6 Å². The number of non-ortho nitro benzene ring substituents is 1. The lowest BCUT2D eigenvalue weighted by molar-refractivity contribution is -0.394. The molecule has 12 rings (SSSR count). The van der Waals surface area contributed by atoms with Crippen LogP contribution in [0.1, 0.15) is 82.5 Å². The number of nitro benzene ring substituents is 2. The molecule has 1 aromatic heterocycles. The highest BCUT2D eigenvalue weighted by atomic mass is 32.2. The number of nitro groups is 2. The summed E-state index contributed by atoms with van der Waals surface area (Å²) in [5.74, 6) is -0.343. The first kappa shape index (κ1) is 99.1. The summed E-state index contributed by atoms with van der Waals surface area (Å²) >= 11 is 0. The molecule has 9 N–H and O–H groups in total. The van der Waals surface area contributed by atoms with Gasteiger partial charge in [-0.05, 0) is 180 Å². The third-order valence-electron chi connectivity index (χ3n) is 18.4. The fraction of sp³-hybridized carbons (Fsp3) is 0.261. The van der Waals surface area contributed by atoms with Gasteiger partial charge in [0.2, 0.25) is 0 Å². The molecule has 1 aliphatic carbocycles. The van der Waals surface area contributed by atoms with Gasteiger partial charge in [-0.2, -0.15) is 18.6 Å². The van der Waals surface area contributed by atoms with Gasteiger partial charge < -0.3 is 56.0 Å². The average Bonchev–Trinajstić information content (AvgIpc) is 1.63. The Morgan fingerprint density at radius 1 is 0.667 bits per heavy atom. The first-order valence-electron chi connectivity index (χ1n) is 38.2. The van der Waals surface area contributed by atoms with Gasteiger partial charge in [-0.15, -0.1) is 0 Å². The normalized spacial score (nSPS) is 12.0. The van der Waals surface area contributed by atoms with Crippen LogP contribution in [0.25, 0.3) is 38.1 Å². The number of sulfone groups is 1. The third kappa shape index (κ3) is 31.0. The number of allylic oxidation sites excluding steroid dienone is 1. The number of nitrogens with two attached hydrogens (primary N) is 1. The summed E-state index contributed by atoms with van der Waals surface area (Å²) in [6.45, 7) is 6.90. The molecule has 0 radical (unpaired) electrons. The van der Waals surface area contributed by atoms with Gasteiger partial charge in [-0.25, -0.2) is 22.6 Å². The molecule has 0 aliphatic heterocycles. The van der Waals surface area contributed by atoms with Crippen molar-refractivity contribution >= 4 is 135 Å². The fourth-order valence-electron chi connectivity index (χ4n) is 12.2. The second kappa shape index (κ2) is 48.0. The topological polar surface area (TPSA) is 464 Å². The number of phosphoric acid groups is 1. The number of carbonyl (C=O) groups is 4. The maximum absolute atomic E-state index is 12.2. The van der Waals surface area contributed by atoms with Crippen LogP contribution in [0.5, 0.6) is 5.75 Å². The van der Waals surface area contributed by atoms with Crippen LogP contribution < -0.4 is 47.2 Å². The second-order valence-electron chi connectivity index (χ2n) is 27.8. The third-order valence-corrected chi connectivity index (χ3v) is 21.4. The minimum absolute atomic E-state index is 0.00715. The molecule has 1 aliphatic rings. The summed E-state index contributed by atoms with van der Waals surface area (Å²) in [4.78, 5) is 89.3. The van der Waals surface area contributed by atoms with Crippen molar-refractivity contribution in [2.45, 2.75) is 75.1 Å². The Balaban J connectivity index is 0.000000228. The molecule has 11 aromatic rings. The molecule has 35 heteroatoms. The largest absolute Gasteiger partial charge is 0.497 e. The first-order chi connectivity index (χ1) is 58.3. The summed E-state index contributed by atoms with van der Waals surface area (Å²) in [6, 6.07) is 60.5. The summed E-state index contributed by atoms with van der Waals surface area (Å²) in [5.41, 5.74) is 15.0. The Bertz CT molecular complexity index is 5910. The minimum atomic E-state index is -4.21. The molecule has 0 saturated heterocycles. The molecule has 0 fully saturated rings. The van der Waals surface area contributed by atoms with E-state index in [-0.39, 0.29) is 58.4 Å². The van der Waals surface area contributed by atoms with Crippen molar-refractivity contribution < 1.29 is 83.2 Å². The summed E-state index contributed by atoms with van der Waals surface area (Å²) in [7, 11) is 2.93. The van der Waals surface area contributed by atoms with Crippen molar-refractivity contribution in [2.24, 2.45) is 10.2 Å². The number of nitrogen functional groups attached to an aromatic ring is 1. The van der Waals surface area contributed by atoms with Crippen molar-refractivity contribution in [2.75, 3.05) is 110 Å². The Hall–Kier alpha value is -12.8. The zero-order valence-electron chi connectivity index (χ0n) is 70.1. The number of anilines is 4. The van der Waals surface area contributed by atoms with Gasteiger partial charge >= 0.3 is 19.4 Å². The second-order valence-corrected chi connectivity index (χ2v) is 32.8. The molecule has 2 atom stereocenters. The van der Waals surface area contributed by atoms with Gasteiger partial charge in [0, 0.05) is 147 Å². The Kier molecular flexibility index (Phi) is 38.7. The maximum atomic E-state index is 12.2. The average molecular weight is 1740 g/mol. The number of carboxylic acids is 1. The van der Waals surface area contributed by atoms with Crippen molar-refractivity contribution in [3.63, 3.8) is 0 Å². The number of azo groups is 1. The number of phosphoric ester groups is 1. The zero-order chi connectivity index (χ0) is 90.7. The van der Waals surface area contributed by atoms with E-state index in [4.69, 9.17) is 29.4 Å². The number of benzene rings is 10. The van der Waals surface area contributed by atoms with Crippen molar-refractivity contribution in [1.82, 2.24) is 16.0 Å². The van der Waals surface area contributed by atoms with Gasteiger partial charge in [-0.1, -0.05) is 104 Å². The highest BCUT2D eigenvalue weighted by Gasteiger charge is 2.25. The smallest absolute Gasteiger partial charge is 0.471 e. The number of nitrogens with zero attached hydrogens (tertiary/aromatic N) is 6. The van der Waals surface area contributed by atoms with Crippen LogP contribution in [0.4, 0.5) is 45.5 Å². The summed E-state index contributed by atoms with van der Waals surface area (Å²) in [6.07, 6.45) is 7.73. The lowest BCUT2D eigenvalue weighted by Crippen LogP contribution is -2.33. The molecule has 0 bridgehead atoms. The Morgan fingerprint density at radius 3 is 1.84 bits per heavy atom. The van der Waals surface area contributed by atoms with Gasteiger partial charge in [0.15, 0.2) is 15.6 Å². The number of nitrogens with one attached hydrogen (secondary N) is 4. The molecule has 0 spiro atoms. The summed E-state index contributed by atoms with van der Waals surface area (Å²) < 4.78 is 85.7. The quantitative estimate of drug-likeness (QED) is 0.00315. The molecular formula is C88H102N11O21PS2. The number of amides is 1. The number of carboxylic acid groups (broad SMARTS) is 1. The van der Waals surface area contributed by atoms with Crippen LogP contribution in [-0.4, -0.2) is 160 Å². The van der Waals surface area contributed by atoms with Gasteiger partial charge in [0.25, 0.3) is 27.4 Å². The summed E-state index contributed by atoms with van der Waals surface area (Å²) in [5, 5.41) is 53.6. The lowest BCUT2D eigenvalue weighted by atomic mass is 9.97. The van der Waals surface area contributed by atoms with Crippen molar-refractivity contribution in [1.29, 1.82) is 0 Å². The SMILES string of the molecule is CN(C)c1cccc2c(S(C)(=O)=O)cccc12.CNC(C(C)=O)C1=CCc2ccccc21.CNCCNc1cccc2c(S(=O)(=O)O)cccc12.COP(=O)(O)OCCCCCCNC(=O)c1ccc(N=Nc2ccc(N(C)C)cc2)cc1.COc1ccc2c(CC(C)=O)cc(=O)oc2c1.Cc1ccc([N+](=O)[O-])cc1[N+](=O)[O-].Nc1ccccc1C(=O)O. The number of carbonyl (C=O) groups excluding carboxylic acids is 3. The number of Topliss-reactive ketones (excluding diaryl/α,β-unsaturated/α-hetero) is 2. The van der Waals surface area contributed by atoms with Gasteiger partial charge in [0.05, 0.1) is 57.5 Å². The van der Waals surface area contributed by atoms with E-state index in [9.17, 15) is 70.2 Å². The van der Waals surface area contributed by atoms with E-state index in [1.807, 2.05) is 125 Å². The van der Waals surface area contributed by atoms with E-state index < -0.39 is 49.2 Å². The van der Waals surface area contributed by atoms with Crippen molar-refractivity contribution in [3.8, 4) is 5.75 Å². The number of aromatic carboxylic acids is 1. The number of methoxy groups -OCH3 is 1. The van der Waals surface area contributed by atoms with E-state index in [0.29, 0.717) is 62.6 Å². The number of ether oxygens (including phenoxy) is 1. The minimum Gasteiger partial charge on any atom is -0.497 e. The molecule has 10 aromatic carbocycles. The highest BCUT2D eigenvalue weighted by molar-refractivity contribution is 7.91. The number of hydrogen-bond donors (Lipinski definition) is 8. The van der Waals surface area contributed by atoms with Crippen LogP contribution in [0.3, 0.4) is 0 Å². The van der Waals surface area contributed by atoms with Gasteiger partial charge in [0.1, 0.15) is 22.0 Å². The molecule has 0 saturated carbocycles. The predicted molar refractivity (Wildman–Crippen MR) is 480 cm³/mol. The number of likely N-dealkylation sites (N-methyl/N-ethyl adjacent to an activating group) is 2. The molecule has 1 heterocycles. The first-order valence-corrected chi connectivity index (χ1v) is 43.1. The number of fused-ring (bicyclic) bond motifs is 4. The highest BCUT2D eigenvalue weighted by Crippen LogP contribution is 2.42. The lowest BCUT2D eigenvalue weighted by Gasteiger charge is -2.16. The molecule has 1 amide bonds. The van der Waals surface area contributed by atoms with Crippen LogP contribution in [0.15, 0.2) is 248 Å². The maximum Gasteiger partial charge on any atom is 0.471 e. The Labute approximate surface area is 713 Å². The molecular weight excluding hydrogens is 1640 g/mol. The van der Waals surface area contributed by atoms with Gasteiger partial charge in [-0.3, -0.25) is 48.2 Å². The van der Waals surface area contributed by atoms with Crippen LogP contribution in [0.2, 0.25) is 0 Å². The monoisotopic (exact) mass is 1740 g/mol. The fourth-order valence-corrected chi connectivity index (χ4v) is 14.3. The number of hydrogen-bond acceptors (Lipinski definition) is 26. The van der Waals surface area contributed by atoms with E-state index in [1.54, 1.807) is 105 Å². The zero-order valence-corrected chi connectivity index (χ0v) is 72.7. The van der Waals surface area contributed by atoms with E-state index in [0.717, 1.165) is 102 Å². The molecule has 652 valence electrons.